The molecule has 1 aromatic carbocycles. The summed E-state index contributed by atoms with van der Waals surface area (Å²) in [6.07, 6.45) is 21.4. The summed E-state index contributed by atoms with van der Waals surface area (Å²) in [5.74, 6) is 1.03. The van der Waals surface area contributed by atoms with Crippen LogP contribution >= 0.6 is 0 Å². The van der Waals surface area contributed by atoms with Gasteiger partial charge in [-0.15, -0.1) is 12.2 Å². The van der Waals surface area contributed by atoms with E-state index in [2.05, 4.69) is 43.3 Å². The molecule has 1 aromatic heterocycles. The summed E-state index contributed by atoms with van der Waals surface area (Å²) >= 11 is 0. The van der Waals surface area contributed by atoms with E-state index in [9.17, 15) is 0 Å². The Morgan fingerprint density at radius 3 is 2.34 bits per heavy atom. The maximum Gasteiger partial charge on any atom is 1.00 e. The van der Waals surface area contributed by atoms with Crippen molar-refractivity contribution in [1.82, 2.24) is 4.98 Å². The smallest absolute Gasteiger partial charge is 0.683 e. The first-order valence-corrected chi connectivity index (χ1v) is 12.7. The number of benzene rings is 1. The first-order valence-electron chi connectivity index (χ1n) is 12.7. The van der Waals surface area contributed by atoms with E-state index in [1.807, 2.05) is 6.20 Å². The second-order valence-corrected chi connectivity index (χ2v) is 9.63. The average Bonchev–Trinajstić information content (AvgIpc) is 3.00. The summed E-state index contributed by atoms with van der Waals surface area (Å²) < 4.78 is 0. The second-order valence-electron chi connectivity index (χ2n) is 9.63. The molecule has 32 heavy (non-hydrogen) atoms. The number of aromatic nitrogens is 1. The van der Waals surface area contributed by atoms with Gasteiger partial charge in [-0.25, -0.2) is 0 Å². The van der Waals surface area contributed by atoms with Crippen LogP contribution < -0.4 is 18.9 Å². The van der Waals surface area contributed by atoms with Gasteiger partial charge in [-0.1, -0.05) is 87.8 Å². The third kappa shape index (κ3) is 7.26. The van der Waals surface area contributed by atoms with Crippen molar-refractivity contribution < 1.29 is 18.9 Å². The Morgan fingerprint density at radius 2 is 1.59 bits per heavy atom. The fourth-order valence-corrected chi connectivity index (χ4v) is 5.38. The predicted molar refractivity (Wildman–Crippen MR) is 133 cm³/mol. The Bertz CT molecular complexity index is 850. The minimum absolute atomic E-state index is 0. The van der Waals surface area contributed by atoms with Crippen LogP contribution in [0.3, 0.4) is 0 Å². The molecule has 2 aliphatic rings. The topological polar surface area (TPSA) is 27.0 Å². The van der Waals surface area contributed by atoms with Crippen LogP contribution in [0.25, 0.3) is 10.9 Å². The molecule has 1 aliphatic carbocycles. The molecule has 0 N–H and O–H groups in total. The number of hydrogen-bond acceptors (Lipinski definition) is 1. The molecule has 166 valence electrons. The van der Waals surface area contributed by atoms with E-state index in [-0.39, 0.29) is 18.9 Å². The van der Waals surface area contributed by atoms with E-state index < -0.39 is 0 Å². The quantitative estimate of drug-likeness (QED) is 0.394. The van der Waals surface area contributed by atoms with Gasteiger partial charge >= 0.3 is 18.9 Å². The van der Waals surface area contributed by atoms with Crippen molar-refractivity contribution >= 4 is 11.3 Å². The molecular formula is C29H39LiN2. The zero-order valence-corrected chi connectivity index (χ0v) is 20.4. The number of hydrogen-bond donors (Lipinski definition) is 0. The van der Waals surface area contributed by atoms with Crippen molar-refractivity contribution in [2.45, 2.75) is 90.4 Å². The van der Waals surface area contributed by atoms with Crippen molar-refractivity contribution in [2.75, 3.05) is 6.54 Å². The van der Waals surface area contributed by atoms with Crippen LogP contribution in [0.15, 0.2) is 42.6 Å². The van der Waals surface area contributed by atoms with Gasteiger partial charge in [-0.05, 0) is 67.2 Å². The van der Waals surface area contributed by atoms with Gasteiger partial charge in [0.2, 0.25) is 0 Å². The molecule has 2 aromatic rings. The second kappa shape index (κ2) is 13.3. The van der Waals surface area contributed by atoms with E-state index in [0.29, 0.717) is 0 Å². The fraction of sp³-hybridized carbons (Fsp3) is 0.552. The molecule has 0 bridgehead atoms. The summed E-state index contributed by atoms with van der Waals surface area (Å²) in [5, 5.41) is 4.74. The fourth-order valence-electron chi connectivity index (χ4n) is 5.38. The molecule has 0 unspecified atom stereocenters. The molecule has 0 atom stereocenters. The molecule has 0 radical (unpaired) electrons. The van der Waals surface area contributed by atoms with Crippen LogP contribution in [0, 0.1) is 5.92 Å². The molecule has 4 rings (SSSR count). The maximum absolute atomic E-state index is 4.74. The van der Waals surface area contributed by atoms with E-state index in [0.717, 1.165) is 43.8 Å². The summed E-state index contributed by atoms with van der Waals surface area (Å²) in [4.78, 5) is 4.70. The maximum atomic E-state index is 4.74. The van der Waals surface area contributed by atoms with Gasteiger partial charge in [0.15, 0.2) is 0 Å². The molecule has 1 fully saturated rings. The predicted octanol–water partition coefficient (Wildman–Crippen LogP) is 5.37. The Kier molecular flexibility index (Phi) is 10.4. The number of aryl methyl sites for hydroxylation is 3. The number of nitrogens with zero attached hydrogens (tertiary/aromatic N) is 2. The van der Waals surface area contributed by atoms with E-state index in [1.54, 1.807) is 0 Å². The molecule has 0 amide bonds. The van der Waals surface area contributed by atoms with Gasteiger partial charge in [0, 0.05) is 11.9 Å². The van der Waals surface area contributed by atoms with Crippen LogP contribution in [-0.4, -0.2) is 11.5 Å². The summed E-state index contributed by atoms with van der Waals surface area (Å²) in [6, 6.07) is 11.5. The van der Waals surface area contributed by atoms with Crippen molar-refractivity contribution in [2.24, 2.45) is 5.92 Å². The summed E-state index contributed by atoms with van der Waals surface area (Å²) in [5.41, 5.74) is 7.92. The normalized spacial score (nSPS) is 16.3. The van der Waals surface area contributed by atoms with Crippen molar-refractivity contribution in [1.29, 1.82) is 0 Å². The van der Waals surface area contributed by atoms with Gasteiger partial charge in [-0.2, -0.15) is 0 Å². The molecule has 1 aliphatic heterocycles. The number of allylic oxidation sites excluding steroid dienone is 1. The minimum atomic E-state index is 0. The van der Waals surface area contributed by atoms with Crippen molar-refractivity contribution in [3.05, 3.63) is 70.3 Å². The van der Waals surface area contributed by atoms with E-state index in [1.165, 1.54) is 85.7 Å². The van der Waals surface area contributed by atoms with Gasteiger partial charge in [0.05, 0.1) is 0 Å². The number of pyridine rings is 1. The third-order valence-corrected chi connectivity index (χ3v) is 7.22. The monoisotopic (exact) mass is 422 g/mol. The first kappa shape index (κ1) is 25.1. The zero-order chi connectivity index (χ0) is 21.3. The Labute approximate surface area is 207 Å². The van der Waals surface area contributed by atoms with E-state index >= 15 is 0 Å². The van der Waals surface area contributed by atoms with Crippen molar-refractivity contribution in [3.8, 4) is 0 Å². The standard InChI is InChI=1S/C29H39N2.Li/c1-23-9-8-21-30-28-20-22-31-27(29(23)28)15-7-14-26-18-16-25(17-19-26)13-6-5-12-24-10-3-2-4-11-24;/h9,16-20,22,24H,2-8,10-15,21H2,1H3;/q-1;+1. The van der Waals surface area contributed by atoms with Crippen molar-refractivity contribution in [3.63, 3.8) is 0 Å². The minimum Gasteiger partial charge on any atom is -0.683 e. The van der Waals surface area contributed by atoms with Crippen LogP contribution in [0.5, 0.6) is 0 Å². The molecule has 0 spiro atoms. The van der Waals surface area contributed by atoms with Crippen LogP contribution in [-0.2, 0) is 19.3 Å². The number of fused-ring (bicyclic) bond motifs is 1. The van der Waals surface area contributed by atoms with Gasteiger partial charge in [0.25, 0.3) is 0 Å². The number of rotatable bonds is 9. The van der Waals surface area contributed by atoms with Gasteiger partial charge < -0.3 is 5.32 Å². The molecule has 2 heterocycles. The average molecular weight is 423 g/mol. The number of unbranched alkanes of at least 4 members (excludes halogenated alkanes) is 1. The zero-order valence-electron chi connectivity index (χ0n) is 20.4. The molecule has 2 nitrogen and oxygen atoms in total. The van der Waals surface area contributed by atoms with Crippen LogP contribution in [0.4, 0.5) is 5.69 Å². The van der Waals surface area contributed by atoms with Crippen LogP contribution in [0.2, 0.25) is 0 Å². The molecule has 0 saturated heterocycles. The third-order valence-electron chi connectivity index (χ3n) is 7.22. The van der Waals surface area contributed by atoms with E-state index in [4.69, 9.17) is 10.3 Å². The first-order chi connectivity index (χ1) is 15.3. The Morgan fingerprint density at radius 1 is 0.875 bits per heavy atom. The van der Waals surface area contributed by atoms with Crippen LogP contribution in [0.1, 0.15) is 93.5 Å². The summed E-state index contributed by atoms with van der Waals surface area (Å²) in [7, 11) is 0. The molecular weight excluding hydrogens is 383 g/mol. The Hall–Kier alpha value is -1.49. The van der Waals surface area contributed by atoms with Gasteiger partial charge in [-0.3, -0.25) is 4.98 Å². The summed E-state index contributed by atoms with van der Waals surface area (Å²) in [6.45, 7) is 3.10. The molecule has 3 heteroatoms. The largest absolute Gasteiger partial charge is 1.00 e. The van der Waals surface area contributed by atoms with Gasteiger partial charge in [0.1, 0.15) is 0 Å². The SMILES string of the molecule is CC1=CCC[N-]c2ccnc(CCCc3ccc(CCCCC4CCCCC4)cc3)c21.[Li+]. The Balaban J connectivity index is 0.00000289. The molecule has 1 saturated carbocycles.